The summed E-state index contributed by atoms with van der Waals surface area (Å²) in [5, 5.41) is 10.2. The molecule has 0 aliphatic carbocycles. The van der Waals surface area contributed by atoms with E-state index in [0.717, 1.165) is 17.5 Å². The number of nitrogens with zero attached hydrogens (tertiary/aromatic N) is 3. The number of amides is 2. The average molecular weight is 562 g/mol. The predicted octanol–water partition coefficient (Wildman–Crippen LogP) is 4.42. The molecule has 8 nitrogen and oxygen atoms in total. The highest BCUT2D eigenvalue weighted by Crippen LogP contribution is 2.42. The number of piperazine rings is 1. The fraction of sp³-hybridized carbons (Fsp3) is 0.464. The summed E-state index contributed by atoms with van der Waals surface area (Å²) < 4.78 is 6.11. The minimum atomic E-state index is -0.833. The standard InChI is InChI=1S/C28H33Cl2N3O5/c1-2-3-23(28(37)32-16-14-31(15-17-32)13-12-25(35)36)33-24(34)18-38-27(20-6-10-22(30)11-7-20)26(33)19-4-8-21(29)9-5-19/h4-11,23,26-27H,2-3,12-18H2,1H3,(H,35,36)/t23-,26-,27+/m0/s1. The Morgan fingerprint density at radius 3 is 2.11 bits per heavy atom. The second-order valence-corrected chi connectivity index (χ2v) is 10.6. The lowest BCUT2D eigenvalue weighted by molar-refractivity contribution is -0.170. The van der Waals surface area contributed by atoms with E-state index < -0.39 is 24.2 Å². The Kier molecular flexibility index (Phi) is 9.65. The van der Waals surface area contributed by atoms with Gasteiger partial charge in [0.15, 0.2) is 0 Å². The number of hydrogen-bond donors (Lipinski definition) is 1. The topological polar surface area (TPSA) is 90.4 Å². The SMILES string of the molecule is CCC[C@@H](C(=O)N1CCN(CCC(=O)O)CC1)N1C(=O)CO[C@H](c2ccc(Cl)cc2)[C@@H]1c1ccc(Cl)cc1. The molecule has 2 aromatic carbocycles. The Hall–Kier alpha value is -2.65. The van der Waals surface area contributed by atoms with Crippen molar-refractivity contribution in [3.05, 3.63) is 69.7 Å². The highest BCUT2D eigenvalue weighted by Gasteiger charge is 2.45. The molecule has 38 heavy (non-hydrogen) atoms. The highest BCUT2D eigenvalue weighted by molar-refractivity contribution is 6.30. The lowest BCUT2D eigenvalue weighted by Gasteiger charge is -2.46. The van der Waals surface area contributed by atoms with Gasteiger partial charge in [-0.25, -0.2) is 0 Å². The van der Waals surface area contributed by atoms with Crippen LogP contribution in [0.25, 0.3) is 0 Å². The van der Waals surface area contributed by atoms with E-state index >= 15 is 0 Å². The van der Waals surface area contributed by atoms with Gasteiger partial charge in [0.2, 0.25) is 11.8 Å². The van der Waals surface area contributed by atoms with E-state index in [4.69, 9.17) is 33.0 Å². The summed E-state index contributed by atoms with van der Waals surface area (Å²) >= 11 is 12.3. The number of halogens is 2. The summed E-state index contributed by atoms with van der Waals surface area (Å²) in [6.45, 7) is 4.51. The van der Waals surface area contributed by atoms with Gasteiger partial charge in [-0.3, -0.25) is 19.3 Å². The first-order valence-corrected chi connectivity index (χ1v) is 13.7. The molecular weight excluding hydrogens is 529 g/mol. The van der Waals surface area contributed by atoms with Crippen LogP contribution in [0.5, 0.6) is 0 Å². The minimum absolute atomic E-state index is 0.0730. The molecule has 2 fully saturated rings. The third-order valence-corrected chi connectivity index (χ3v) is 7.68. The van der Waals surface area contributed by atoms with Crippen molar-refractivity contribution in [2.45, 2.75) is 44.4 Å². The van der Waals surface area contributed by atoms with Gasteiger partial charge >= 0.3 is 5.97 Å². The van der Waals surface area contributed by atoms with E-state index in [2.05, 4.69) is 4.90 Å². The third-order valence-electron chi connectivity index (χ3n) is 7.18. The molecule has 0 spiro atoms. The molecule has 3 atom stereocenters. The number of rotatable bonds is 9. The van der Waals surface area contributed by atoms with Crippen LogP contribution in [0.15, 0.2) is 48.5 Å². The van der Waals surface area contributed by atoms with Gasteiger partial charge in [0.1, 0.15) is 18.8 Å². The Bertz CT molecular complexity index is 1120. The van der Waals surface area contributed by atoms with Crippen LogP contribution < -0.4 is 0 Å². The minimum Gasteiger partial charge on any atom is -0.481 e. The van der Waals surface area contributed by atoms with Crippen LogP contribution in [0.4, 0.5) is 0 Å². The molecule has 10 heteroatoms. The van der Waals surface area contributed by atoms with Crippen molar-refractivity contribution in [1.82, 2.24) is 14.7 Å². The zero-order chi connectivity index (χ0) is 27.2. The van der Waals surface area contributed by atoms with Crippen LogP contribution in [0.2, 0.25) is 10.0 Å². The molecule has 0 unspecified atom stereocenters. The third kappa shape index (κ3) is 6.67. The number of carbonyl (C=O) groups is 3. The Labute approximate surface area is 233 Å². The Morgan fingerprint density at radius 1 is 0.974 bits per heavy atom. The number of benzene rings is 2. The number of hydrogen-bond acceptors (Lipinski definition) is 5. The molecule has 2 aromatic rings. The number of carboxylic acid groups (broad SMARTS) is 1. The number of carboxylic acids is 1. The summed E-state index contributed by atoms with van der Waals surface area (Å²) in [6, 6.07) is 13.5. The average Bonchev–Trinajstić information content (AvgIpc) is 2.92. The van der Waals surface area contributed by atoms with Crippen LogP contribution in [0.1, 0.15) is 49.5 Å². The van der Waals surface area contributed by atoms with Crippen molar-refractivity contribution < 1.29 is 24.2 Å². The van der Waals surface area contributed by atoms with Crippen molar-refractivity contribution in [3.8, 4) is 0 Å². The smallest absolute Gasteiger partial charge is 0.304 e. The molecule has 204 valence electrons. The van der Waals surface area contributed by atoms with Crippen molar-refractivity contribution in [2.75, 3.05) is 39.3 Å². The summed E-state index contributed by atoms with van der Waals surface area (Å²) in [7, 11) is 0. The monoisotopic (exact) mass is 561 g/mol. The first-order chi connectivity index (χ1) is 18.3. The molecule has 0 aromatic heterocycles. The highest BCUT2D eigenvalue weighted by atomic mass is 35.5. The van der Waals surface area contributed by atoms with Gasteiger partial charge in [-0.05, 0) is 41.8 Å². The maximum absolute atomic E-state index is 14.0. The summed E-state index contributed by atoms with van der Waals surface area (Å²) in [5.74, 6) is -1.16. The van der Waals surface area contributed by atoms with Gasteiger partial charge in [0.05, 0.1) is 12.5 Å². The zero-order valence-electron chi connectivity index (χ0n) is 21.4. The van der Waals surface area contributed by atoms with Crippen LogP contribution in [0, 0.1) is 0 Å². The summed E-state index contributed by atoms with van der Waals surface area (Å²) in [4.78, 5) is 44.0. The van der Waals surface area contributed by atoms with E-state index in [0.29, 0.717) is 49.2 Å². The number of ether oxygens (including phenoxy) is 1. The van der Waals surface area contributed by atoms with Gasteiger partial charge in [-0.1, -0.05) is 60.8 Å². The molecule has 1 N–H and O–H groups in total. The van der Waals surface area contributed by atoms with Gasteiger partial charge in [0.25, 0.3) is 0 Å². The molecule has 0 radical (unpaired) electrons. The molecule has 0 saturated carbocycles. The maximum Gasteiger partial charge on any atom is 0.304 e. The molecule has 2 heterocycles. The molecule has 4 rings (SSSR count). The first-order valence-electron chi connectivity index (χ1n) is 12.9. The van der Waals surface area contributed by atoms with E-state index in [1.54, 1.807) is 34.1 Å². The van der Waals surface area contributed by atoms with E-state index in [9.17, 15) is 14.4 Å². The van der Waals surface area contributed by atoms with Gasteiger partial charge in [-0.2, -0.15) is 0 Å². The molecular formula is C28H33Cl2N3O5. The molecule has 2 amide bonds. The molecule has 2 aliphatic heterocycles. The lowest BCUT2D eigenvalue weighted by Crippen LogP contribution is -2.59. The van der Waals surface area contributed by atoms with Crippen LogP contribution in [-0.4, -0.2) is 83.0 Å². The Balaban J connectivity index is 1.64. The van der Waals surface area contributed by atoms with E-state index in [-0.39, 0.29) is 24.8 Å². The van der Waals surface area contributed by atoms with E-state index in [1.165, 1.54) is 0 Å². The second-order valence-electron chi connectivity index (χ2n) is 9.70. The lowest BCUT2D eigenvalue weighted by atomic mass is 9.90. The van der Waals surface area contributed by atoms with E-state index in [1.807, 2.05) is 31.2 Å². The maximum atomic E-state index is 14.0. The summed E-state index contributed by atoms with van der Waals surface area (Å²) in [5.41, 5.74) is 1.69. The van der Waals surface area contributed by atoms with Gasteiger partial charge in [0, 0.05) is 42.8 Å². The largest absolute Gasteiger partial charge is 0.481 e. The summed E-state index contributed by atoms with van der Waals surface area (Å²) in [6.07, 6.45) is 0.815. The zero-order valence-corrected chi connectivity index (χ0v) is 22.9. The van der Waals surface area contributed by atoms with Crippen LogP contribution in [0.3, 0.4) is 0 Å². The van der Waals surface area contributed by atoms with Crippen molar-refractivity contribution >= 4 is 41.0 Å². The fourth-order valence-electron chi connectivity index (χ4n) is 5.23. The van der Waals surface area contributed by atoms with Crippen LogP contribution in [-0.2, 0) is 19.1 Å². The second kappa shape index (κ2) is 12.9. The number of carbonyl (C=O) groups excluding carboxylic acids is 2. The number of morpholine rings is 1. The normalized spacial score (nSPS) is 21.4. The Morgan fingerprint density at radius 2 is 1.55 bits per heavy atom. The van der Waals surface area contributed by atoms with Crippen molar-refractivity contribution in [3.63, 3.8) is 0 Å². The quantitative estimate of drug-likeness (QED) is 0.487. The van der Waals surface area contributed by atoms with Gasteiger partial charge in [-0.15, -0.1) is 0 Å². The molecule has 2 saturated heterocycles. The number of aliphatic carboxylic acids is 1. The van der Waals surface area contributed by atoms with Crippen molar-refractivity contribution in [2.24, 2.45) is 0 Å². The van der Waals surface area contributed by atoms with Gasteiger partial charge < -0.3 is 19.6 Å². The van der Waals surface area contributed by atoms with Crippen molar-refractivity contribution in [1.29, 1.82) is 0 Å². The predicted molar refractivity (Wildman–Crippen MR) is 145 cm³/mol. The molecule has 0 bridgehead atoms. The molecule has 2 aliphatic rings. The fourth-order valence-corrected chi connectivity index (χ4v) is 5.49. The first kappa shape index (κ1) is 28.4. The van der Waals surface area contributed by atoms with Crippen LogP contribution >= 0.6 is 23.2 Å².